The quantitative estimate of drug-likeness (QED) is 0.898. The number of piperidine rings is 1. The van der Waals surface area contributed by atoms with Crippen molar-refractivity contribution >= 4 is 5.91 Å². The van der Waals surface area contributed by atoms with Crippen molar-refractivity contribution in [2.75, 3.05) is 20.8 Å². The van der Waals surface area contributed by atoms with Crippen LogP contribution in [0.2, 0.25) is 0 Å². The maximum absolute atomic E-state index is 11.4. The third-order valence-electron chi connectivity index (χ3n) is 4.28. The molecule has 1 amide bonds. The lowest BCUT2D eigenvalue weighted by Gasteiger charge is -2.37. The molecular weight excluding hydrogens is 268 g/mol. The molecule has 2 unspecified atom stereocenters. The Labute approximate surface area is 126 Å². The molecule has 0 bridgehead atoms. The smallest absolute Gasteiger partial charge is 0.221 e. The number of carbonyl (C=O) groups is 1. The van der Waals surface area contributed by atoms with Gasteiger partial charge in [0.15, 0.2) is 0 Å². The number of hydrogen-bond acceptors (Lipinski definition) is 4. The Hall–Kier alpha value is -1.75. The fourth-order valence-corrected chi connectivity index (χ4v) is 2.83. The van der Waals surface area contributed by atoms with Gasteiger partial charge in [0.2, 0.25) is 5.91 Å². The molecule has 21 heavy (non-hydrogen) atoms. The number of benzene rings is 1. The maximum atomic E-state index is 11.4. The number of carbonyl (C=O) groups excluding carboxylic acids is 1. The molecule has 1 aromatic carbocycles. The second kappa shape index (κ2) is 6.80. The Kier molecular flexibility index (Phi) is 5.07. The zero-order valence-corrected chi connectivity index (χ0v) is 13.0. The minimum Gasteiger partial charge on any atom is -0.497 e. The highest BCUT2D eigenvalue weighted by Crippen LogP contribution is 2.29. The maximum Gasteiger partial charge on any atom is 0.221 e. The van der Waals surface area contributed by atoms with Gasteiger partial charge in [-0.1, -0.05) is 6.07 Å². The monoisotopic (exact) mass is 292 g/mol. The molecule has 2 atom stereocenters. The van der Waals surface area contributed by atoms with Gasteiger partial charge in [-0.25, -0.2) is 0 Å². The summed E-state index contributed by atoms with van der Waals surface area (Å²) in [6.45, 7) is 3.65. The molecule has 2 N–H and O–H groups in total. The Bertz CT molecular complexity index is 504. The number of nitrogens with two attached hydrogens (primary N) is 1. The summed E-state index contributed by atoms with van der Waals surface area (Å²) in [6.07, 6.45) is 1.87. The Morgan fingerprint density at radius 3 is 2.71 bits per heavy atom. The molecule has 1 aliphatic heterocycles. The summed E-state index contributed by atoms with van der Waals surface area (Å²) in [4.78, 5) is 13.7. The van der Waals surface area contributed by atoms with Gasteiger partial charge in [-0.15, -0.1) is 0 Å². The van der Waals surface area contributed by atoms with E-state index < -0.39 is 0 Å². The lowest BCUT2D eigenvalue weighted by atomic mass is 9.92. The van der Waals surface area contributed by atoms with Crippen LogP contribution in [0.15, 0.2) is 18.2 Å². The summed E-state index contributed by atoms with van der Waals surface area (Å²) in [5.74, 6) is 1.33. The van der Waals surface area contributed by atoms with Crippen LogP contribution in [0.4, 0.5) is 0 Å². The number of hydrogen-bond donors (Lipinski definition) is 1. The van der Waals surface area contributed by atoms with Crippen LogP contribution >= 0.6 is 0 Å². The van der Waals surface area contributed by atoms with E-state index in [1.807, 2.05) is 18.2 Å². The Morgan fingerprint density at radius 1 is 1.33 bits per heavy atom. The number of primary amides is 1. The van der Waals surface area contributed by atoms with Crippen LogP contribution < -0.4 is 15.2 Å². The number of nitrogens with zero attached hydrogens (tertiary/aromatic N) is 1. The number of rotatable bonds is 5. The minimum absolute atomic E-state index is 0.0505. The Balaban J connectivity index is 2.14. The summed E-state index contributed by atoms with van der Waals surface area (Å²) >= 11 is 0. The zero-order valence-electron chi connectivity index (χ0n) is 13.0. The fraction of sp³-hybridized carbons (Fsp3) is 0.562. The highest BCUT2D eigenvalue weighted by Gasteiger charge is 2.29. The van der Waals surface area contributed by atoms with E-state index in [2.05, 4.69) is 11.8 Å². The van der Waals surface area contributed by atoms with Gasteiger partial charge in [-0.05, 0) is 25.8 Å². The molecule has 1 aliphatic rings. The molecule has 2 rings (SSSR count). The van der Waals surface area contributed by atoms with E-state index in [9.17, 15) is 4.79 Å². The van der Waals surface area contributed by atoms with Crippen molar-refractivity contribution in [2.24, 2.45) is 11.7 Å². The van der Waals surface area contributed by atoms with E-state index in [0.29, 0.717) is 12.6 Å². The lowest BCUT2D eigenvalue weighted by Crippen LogP contribution is -2.45. The molecule has 0 aliphatic carbocycles. The molecule has 5 heteroatoms. The van der Waals surface area contributed by atoms with E-state index in [0.717, 1.165) is 36.4 Å². The van der Waals surface area contributed by atoms with Crippen LogP contribution in [0.3, 0.4) is 0 Å². The first-order valence-electron chi connectivity index (χ1n) is 7.29. The van der Waals surface area contributed by atoms with Crippen LogP contribution in [0, 0.1) is 5.92 Å². The molecule has 1 aromatic rings. The molecule has 1 saturated heterocycles. The van der Waals surface area contributed by atoms with Crippen molar-refractivity contribution in [3.63, 3.8) is 0 Å². The zero-order chi connectivity index (χ0) is 15.4. The summed E-state index contributed by atoms with van der Waals surface area (Å²) in [7, 11) is 3.29. The predicted octanol–water partition coefficient (Wildman–Crippen LogP) is 1.79. The summed E-state index contributed by atoms with van der Waals surface area (Å²) < 4.78 is 10.7. The second-order valence-electron chi connectivity index (χ2n) is 5.63. The summed E-state index contributed by atoms with van der Waals surface area (Å²) in [5, 5.41) is 0. The van der Waals surface area contributed by atoms with Crippen molar-refractivity contribution in [1.82, 2.24) is 4.90 Å². The van der Waals surface area contributed by atoms with E-state index in [4.69, 9.17) is 15.2 Å². The fourth-order valence-electron chi connectivity index (χ4n) is 2.83. The van der Waals surface area contributed by atoms with Crippen molar-refractivity contribution in [2.45, 2.75) is 32.4 Å². The van der Waals surface area contributed by atoms with Gasteiger partial charge in [0.25, 0.3) is 0 Å². The van der Waals surface area contributed by atoms with Crippen LogP contribution in [0.1, 0.15) is 25.3 Å². The van der Waals surface area contributed by atoms with Gasteiger partial charge in [0.05, 0.1) is 20.1 Å². The van der Waals surface area contributed by atoms with E-state index >= 15 is 0 Å². The van der Waals surface area contributed by atoms with Gasteiger partial charge in [-0.2, -0.15) is 0 Å². The number of methoxy groups -OCH3 is 2. The minimum atomic E-state index is -0.200. The third-order valence-corrected chi connectivity index (χ3v) is 4.28. The van der Waals surface area contributed by atoms with Crippen LogP contribution in [-0.4, -0.2) is 37.6 Å². The lowest BCUT2D eigenvalue weighted by molar-refractivity contribution is -0.124. The number of likely N-dealkylation sites (tertiary alicyclic amines) is 1. The number of ether oxygens (including phenoxy) is 2. The van der Waals surface area contributed by atoms with E-state index in [1.165, 1.54) is 0 Å². The summed E-state index contributed by atoms with van der Waals surface area (Å²) in [5.41, 5.74) is 6.55. The highest BCUT2D eigenvalue weighted by molar-refractivity contribution is 5.77. The topological polar surface area (TPSA) is 64.8 Å². The van der Waals surface area contributed by atoms with Gasteiger partial charge in [0, 0.05) is 30.8 Å². The van der Waals surface area contributed by atoms with Gasteiger partial charge >= 0.3 is 0 Å². The molecule has 5 nitrogen and oxygen atoms in total. The van der Waals surface area contributed by atoms with Crippen molar-refractivity contribution < 1.29 is 14.3 Å². The third kappa shape index (κ3) is 3.67. The molecule has 0 saturated carbocycles. The molecule has 1 heterocycles. The molecule has 0 aromatic heterocycles. The second-order valence-corrected chi connectivity index (χ2v) is 5.63. The van der Waals surface area contributed by atoms with Crippen LogP contribution in [0.25, 0.3) is 0 Å². The van der Waals surface area contributed by atoms with Crippen molar-refractivity contribution in [3.05, 3.63) is 23.8 Å². The molecule has 0 radical (unpaired) electrons. The van der Waals surface area contributed by atoms with E-state index in [-0.39, 0.29) is 11.8 Å². The normalized spacial score (nSPS) is 22.8. The standard InChI is InChI=1S/C16H24N2O3/c1-11-4-5-13(16(17)19)10-18(11)9-12-6-7-14(20-2)8-15(12)21-3/h6-8,11,13H,4-5,9-10H2,1-3H3,(H2,17,19). The molecule has 116 valence electrons. The SMILES string of the molecule is COc1ccc(CN2CC(C(N)=O)CCC2C)c(OC)c1. The first-order chi connectivity index (χ1) is 10.0. The van der Waals surface area contributed by atoms with Crippen LogP contribution in [-0.2, 0) is 11.3 Å². The number of amides is 1. The first kappa shape index (κ1) is 15.6. The highest BCUT2D eigenvalue weighted by atomic mass is 16.5. The summed E-state index contributed by atoms with van der Waals surface area (Å²) in [6, 6.07) is 6.26. The molecule has 0 spiro atoms. The largest absolute Gasteiger partial charge is 0.497 e. The van der Waals surface area contributed by atoms with Gasteiger partial charge in [-0.3, -0.25) is 9.69 Å². The van der Waals surface area contributed by atoms with Crippen molar-refractivity contribution in [3.8, 4) is 11.5 Å². The van der Waals surface area contributed by atoms with Gasteiger partial charge in [0.1, 0.15) is 11.5 Å². The van der Waals surface area contributed by atoms with Crippen molar-refractivity contribution in [1.29, 1.82) is 0 Å². The van der Waals surface area contributed by atoms with E-state index in [1.54, 1.807) is 14.2 Å². The molecule has 1 fully saturated rings. The molecular formula is C16H24N2O3. The average Bonchev–Trinajstić information content (AvgIpc) is 2.49. The average molecular weight is 292 g/mol. The predicted molar refractivity (Wildman–Crippen MR) is 81.3 cm³/mol. The first-order valence-corrected chi connectivity index (χ1v) is 7.29. The van der Waals surface area contributed by atoms with Crippen LogP contribution in [0.5, 0.6) is 11.5 Å². The van der Waals surface area contributed by atoms with Gasteiger partial charge < -0.3 is 15.2 Å². The Morgan fingerprint density at radius 2 is 2.10 bits per heavy atom.